The lowest BCUT2D eigenvalue weighted by Gasteiger charge is -2.22. The molecule has 7 heteroatoms. The highest BCUT2D eigenvalue weighted by molar-refractivity contribution is 7.91. The van der Waals surface area contributed by atoms with E-state index < -0.39 is 15.9 Å². The van der Waals surface area contributed by atoms with E-state index in [9.17, 15) is 8.42 Å². The molecule has 1 aliphatic rings. The Bertz CT molecular complexity index is 1130. The van der Waals surface area contributed by atoms with E-state index in [1.165, 1.54) is 0 Å². The van der Waals surface area contributed by atoms with Crippen LogP contribution >= 0.6 is 0 Å². The van der Waals surface area contributed by atoms with Gasteiger partial charge < -0.3 is 10.6 Å². The lowest BCUT2D eigenvalue weighted by molar-refractivity contribution is 0.596. The van der Waals surface area contributed by atoms with Gasteiger partial charge in [-0.3, -0.25) is 0 Å². The fraction of sp³-hybridized carbons (Fsp3) is 0.250. The summed E-state index contributed by atoms with van der Waals surface area (Å²) in [6.45, 7) is 6.68. The van der Waals surface area contributed by atoms with E-state index in [1.54, 1.807) is 12.1 Å². The van der Waals surface area contributed by atoms with Crippen LogP contribution in [0, 0.1) is 13.8 Å². The van der Waals surface area contributed by atoms with E-state index >= 15 is 0 Å². The van der Waals surface area contributed by atoms with Crippen LogP contribution < -0.4 is 10.6 Å². The molecule has 0 saturated heterocycles. The van der Waals surface area contributed by atoms with E-state index in [0.717, 1.165) is 22.0 Å². The second-order valence-electron chi connectivity index (χ2n) is 6.88. The van der Waals surface area contributed by atoms with Gasteiger partial charge in [0, 0.05) is 24.5 Å². The molecule has 0 fully saturated rings. The van der Waals surface area contributed by atoms with Gasteiger partial charge in [-0.15, -0.1) is 0 Å². The molecule has 0 amide bonds. The molecule has 1 atom stereocenters. The van der Waals surface area contributed by atoms with Crippen molar-refractivity contribution in [3.63, 3.8) is 0 Å². The van der Waals surface area contributed by atoms with E-state index in [4.69, 9.17) is 5.73 Å². The number of aryl methyl sites for hydroxylation is 1. The van der Waals surface area contributed by atoms with Gasteiger partial charge in [0.1, 0.15) is 0 Å². The second kappa shape index (κ2) is 6.58. The first-order chi connectivity index (χ1) is 12.8. The van der Waals surface area contributed by atoms with Crippen LogP contribution in [0.5, 0.6) is 0 Å². The molecular weight excluding hydrogens is 360 g/mol. The van der Waals surface area contributed by atoms with Crippen molar-refractivity contribution in [1.82, 2.24) is 9.97 Å². The fourth-order valence-electron chi connectivity index (χ4n) is 3.41. The molecule has 2 heterocycles. The van der Waals surface area contributed by atoms with Crippen molar-refractivity contribution >= 4 is 26.7 Å². The van der Waals surface area contributed by atoms with Crippen LogP contribution in [-0.4, -0.2) is 30.7 Å². The van der Waals surface area contributed by atoms with Crippen molar-refractivity contribution in [3.05, 3.63) is 66.2 Å². The normalized spacial score (nSPS) is 17.4. The number of aromatic nitrogens is 2. The molecule has 2 N–H and O–H groups in total. The molecule has 3 aromatic rings. The number of hydrogen-bond acceptors (Lipinski definition) is 6. The Morgan fingerprint density at radius 1 is 1.19 bits per heavy atom. The van der Waals surface area contributed by atoms with Gasteiger partial charge in [-0.25, -0.2) is 18.4 Å². The zero-order valence-electron chi connectivity index (χ0n) is 15.1. The molecule has 1 radical (unpaired) electrons. The molecule has 2 aromatic carbocycles. The summed E-state index contributed by atoms with van der Waals surface area (Å²) in [5.41, 5.74) is 9.35. The summed E-state index contributed by atoms with van der Waals surface area (Å²) in [6, 6.07) is 12.5. The van der Waals surface area contributed by atoms with Gasteiger partial charge in [-0.2, -0.15) is 0 Å². The Balaban J connectivity index is 1.84. The molecule has 0 saturated carbocycles. The van der Waals surface area contributed by atoms with Gasteiger partial charge >= 0.3 is 0 Å². The van der Waals surface area contributed by atoms with Crippen molar-refractivity contribution in [2.75, 3.05) is 17.2 Å². The molecule has 4 rings (SSSR count). The first-order valence-electron chi connectivity index (χ1n) is 8.78. The maximum Gasteiger partial charge on any atom is 0.226 e. The summed E-state index contributed by atoms with van der Waals surface area (Å²) in [6.07, 6.45) is 0. The maximum atomic E-state index is 12.6. The van der Waals surface area contributed by atoms with E-state index in [1.807, 2.05) is 42.2 Å². The third-order valence-electron chi connectivity index (χ3n) is 4.80. The molecule has 139 valence electrons. The molecular formula is C20H21N4O2S. The van der Waals surface area contributed by atoms with Crippen molar-refractivity contribution in [3.8, 4) is 0 Å². The van der Waals surface area contributed by atoms with Gasteiger partial charge in [0.2, 0.25) is 5.95 Å². The van der Waals surface area contributed by atoms with Crippen LogP contribution in [0.1, 0.15) is 22.9 Å². The number of nitrogens with two attached hydrogens (primary N) is 1. The summed E-state index contributed by atoms with van der Waals surface area (Å²) in [7, 11) is -3.33. The highest BCUT2D eigenvalue weighted by Crippen LogP contribution is 2.28. The van der Waals surface area contributed by atoms with Crippen LogP contribution in [0.2, 0.25) is 0 Å². The Morgan fingerprint density at radius 2 is 1.96 bits per heavy atom. The highest BCUT2D eigenvalue weighted by atomic mass is 32.2. The molecule has 0 spiro atoms. The predicted molar refractivity (Wildman–Crippen MR) is 106 cm³/mol. The zero-order valence-corrected chi connectivity index (χ0v) is 15.9. The second-order valence-corrected chi connectivity index (χ2v) is 8.96. The highest BCUT2D eigenvalue weighted by Gasteiger charge is 2.27. The van der Waals surface area contributed by atoms with Gasteiger partial charge in [-0.05, 0) is 37.6 Å². The quantitative estimate of drug-likeness (QED) is 0.734. The summed E-state index contributed by atoms with van der Waals surface area (Å²) in [5.74, 6) is 0.498. The van der Waals surface area contributed by atoms with E-state index in [-0.39, 0.29) is 5.75 Å². The van der Waals surface area contributed by atoms with Gasteiger partial charge in [0.05, 0.1) is 21.9 Å². The third kappa shape index (κ3) is 3.28. The smallest absolute Gasteiger partial charge is 0.226 e. The number of benzene rings is 2. The summed E-state index contributed by atoms with van der Waals surface area (Å²) >= 11 is 0. The maximum absolute atomic E-state index is 12.6. The summed E-state index contributed by atoms with van der Waals surface area (Å²) in [4.78, 5) is 11.6. The molecule has 1 unspecified atom stereocenters. The van der Waals surface area contributed by atoms with E-state index in [0.29, 0.717) is 29.6 Å². The number of rotatable bonds is 2. The third-order valence-corrected chi connectivity index (χ3v) is 6.59. The number of fused-ring (bicyclic) bond motifs is 2. The number of hydrogen-bond donors (Lipinski definition) is 1. The standard InChI is InChI=1S/C20H21N4O2S/c1-13-7-8-17-16(11-13)19(14(2)21)23-20(22-17)24-9-10-27(25,26)18-6-4-3-5-15(18)12-24/h3-8,11,14H,2,9-10,12,21H2,1H3. The Labute approximate surface area is 159 Å². The monoisotopic (exact) mass is 381 g/mol. The fourth-order valence-corrected chi connectivity index (χ4v) is 4.91. The van der Waals surface area contributed by atoms with Crippen LogP contribution in [0.15, 0.2) is 47.4 Å². The van der Waals surface area contributed by atoms with Crippen LogP contribution in [-0.2, 0) is 16.4 Å². The predicted octanol–water partition coefficient (Wildman–Crippen LogP) is 2.57. The summed E-state index contributed by atoms with van der Waals surface area (Å²) < 4.78 is 25.2. The average Bonchev–Trinajstić information content (AvgIpc) is 2.77. The molecule has 27 heavy (non-hydrogen) atoms. The first kappa shape index (κ1) is 17.9. The zero-order chi connectivity index (χ0) is 19.2. The van der Waals surface area contributed by atoms with Gasteiger partial charge in [-0.1, -0.05) is 29.8 Å². The Morgan fingerprint density at radius 3 is 2.74 bits per heavy atom. The molecule has 1 aromatic heterocycles. The SMILES string of the molecule is [CH2]C(N)c1nc(N2CCS(=O)(=O)c3ccccc3C2)nc2ccc(C)cc12. The Hall–Kier alpha value is -2.51. The number of sulfone groups is 1. The molecule has 0 bridgehead atoms. The lowest BCUT2D eigenvalue weighted by Crippen LogP contribution is -2.28. The van der Waals surface area contributed by atoms with Crippen LogP contribution in [0.4, 0.5) is 5.95 Å². The minimum absolute atomic E-state index is 0.0189. The van der Waals surface area contributed by atoms with Gasteiger partial charge in [0.25, 0.3) is 0 Å². The molecule has 1 aliphatic heterocycles. The number of nitrogens with zero attached hydrogens (tertiary/aromatic N) is 3. The van der Waals surface area contributed by atoms with Crippen molar-refractivity contribution in [1.29, 1.82) is 0 Å². The van der Waals surface area contributed by atoms with Crippen molar-refractivity contribution < 1.29 is 8.42 Å². The topological polar surface area (TPSA) is 89.2 Å². The molecule has 0 aliphatic carbocycles. The van der Waals surface area contributed by atoms with Gasteiger partial charge in [0.15, 0.2) is 9.84 Å². The average molecular weight is 381 g/mol. The number of anilines is 1. The van der Waals surface area contributed by atoms with Crippen LogP contribution in [0.3, 0.4) is 0 Å². The lowest BCUT2D eigenvalue weighted by atomic mass is 10.1. The summed E-state index contributed by atoms with van der Waals surface area (Å²) in [5, 5.41) is 0.879. The Kier molecular flexibility index (Phi) is 4.36. The largest absolute Gasteiger partial charge is 0.335 e. The van der Waals surface area contributed by atoms with E-state index in [2.05, 4.69) is 16.9 Å². The van der Waals surface area contributed by atoms with Crippen molar-refractivity contribution in [2.45, 2.75) is 24.4 Å². The minimum Gasteiger partial charge on any atom is -0.335 e. The minimum atomic E-state index is -3.33. The molecule has 6 nitrogen and oxygen atoms in total. The van der Waals surface area contributed by atoms with Crippen LogP contribution in [0.25, 0.3) is 10.9 Å². The van der Waals surface area contributed by atoms with Crippen molar-refractivity contribution in [2.24, 2.45) is 5.73 Å². The first-order valence-corrected chi connectivity index (χ1v) is 10.4.